The van der Waals surface area contributed by atoms with E-state index in [2.05, 4.69) is 22.4 Å². The van der Waals surface area contributed by atoms with E-state index in [1.54, 1.807) is 12.1 Å². The maximum atomic E-state index is 13.1. The highest BCUT2D eigenvalue weighted by atomic mass is 32.2. The number of nitro benzene ring substituents is 1. The van der Waals surface area contributed by atoms with Gasteiger partial charge in [0.1, 0.15) is 0 Å². The van der Waals surface area contributed by atoms with Crippen molar-refractivity contribution in [1.29, 1.82) is 0 Å². The topological polar surface area (TPSA) is 103 Å². The number of benzene rings is 3. The van der Waals surface area contributed by atoms with Gasteiger partial charge in [0.25, 0.3) is 11.6 Å². The molecule has 0 saturated heterocycles. The first kappa shape index (κ1) is 28.0. The van der Waals surface area contributed by atoms with E-state index in [0.717, 1.165) is 18.4 Å². The number of carbonyl (C=O) groups is 1. The molecule has 1 N–H and O–H groups in total. The van der Waals surface area contributed by atoms with Crippen LogP contribution in [0.3, 0.4) is 0 Å². The number of amides is 1. The standard InChI is InChI=1S/C30H33N5O3S/c1-3-4-5-7-10-23-13-15-25(16-14-23)29(36)31-22(2)28-32-33-30(39-21-24-11-8-6-9-12-24)34(28)26-17-19-27(20-18-26)35(37)38/h6,8-9,11-20,22H,3-5,7,10,21H2,1-2H3,(H,31,36). The number of aromatic nitrogens is 3. The summed E-state index contributed by atoms with van der Waals surface area (Å²) in [6.45, 7) is 4.06. The van der Waals surface area contributed by atoms with Crippen LogP contribution in [0.2, 0.25) is 0 Å². The predicted octanol–water partition coefficient (Wildman–Crippen LogP) is 7.08. The molecule has 0 saturated carbocycles. The van der Waals surface area contributed by atoms with Gasteiger partial charge in [-0.05, 0) is 55.2 Å². The van der Waals surface area contributed by atoms with Crippen molar-refractivity contribution in [3.8, 4) is 5.69 Å². The molecule has 8 nitrogen and oxygen atoms in total. The number of unbranched alkanes of at least 4 members (excludes halogenated alkanes) is 3. The molecule has 0 fully saturated rings. The van der Waals surface area contributed by atoms with Crippen LogP contribution in [-0.2, 0) is 12.2 Å². The molecule has 1 heterocycles. The van der Waals surface area contributed by atoms with E-state index in [1.807, 2.05) is 66.1 Å². The highest BCUT2D eigenvalue weighted by Crippen LogP contribution is 2.28. The van der Waals surface area contributed by atoms with Crippen molar-refractivity contribution in [2.75, 3.05) is 0 Å². The maximum absolute atomic E-state index is 13.1. The lowest BCUT2D eigenvalue weighted by atomic mass is 10.0. The van der Waals surface area contributed by atoms with E-state index in [0.29, 0.717) is 28.0 Å². The van der Waals surface area contributed by atoms with Crippen LogP contribution < -0.4 is 5.32 Å². The minimum atomic E-state index is -0.458. The molecule has 0 spiro atoms. The summed E-state index contributed by atoms with van der Waals surface area (Å²) in [5.41, 5.74) is 3.64. The van der Waals surface area contributed by atoms with E-state index in [1.165, 1.54) is 48.7 Å². The average molecular weight is 544 g/mol. The summed E-state index contributed by atoms with van der Waals surface area (Å²) in [6.07, 6.45) is 5.84. The van der Waals surface area contributed by atoms with Crippen LogP contribution in [0, 0.1) is 10.1 Å². The lowest BCUT2D eigenvalue weighted by Crippen LogP contribution is -2.28. The van der Waals surface area contributed by atoms with Gasteiger partial charge in [0.2, 0.25) is 0 Å². The van der Waals surface area contributed by atoms with Gasteiger partial charge in [0.05, 0.1) is 11.0 Å². The number of hydrogen-bond acceptors (Lipinski definition) is 6. The fourth-order valence-electron chi connectivity index (χ4n) is 4.27. The summed E-state index contributed by atoms with van der Waals surface area (Å²) >= 11 is 1.51. The maximum Gasteiger partial charge on any atom is 0.269 e. The molecule has 0 bridgehead atoms. The van der Waals surface area contributed by atoms with E-state index in [-0.39, 0.29) is 11.6 Å². The van der Waals surface area contributed by atoms with Gasteiger partial charge in [-0.1, -0.05) is 80.4 Å². The molecule has 0 aliphatic heterocycles. The number of nitrogens with one attached hydrogen (secondary N) is 1. The molecule has 1 aromatic heterocycles. The Morgan fingerprint density at radius 1 is 0.949 bits per heavy atom. The van der Waals surface area contributed by atoms with Crippen LogP contribution in [0.1, 0.15) is 72.9 Å². The minimum Gasteiger partial charge on any atom is -0.342 e. The molecule has 202 valence electrons. The van der Waals surface area contributed by atoms with Crippen LogP contribution in [-0.4, -0.2) is 25.6 Å². The molecule has 1 amide bonds. The molecule has 4 rings (SSSR count). The number of nitrogens with zero attached hydrogens (tertiary/aromatic N) is 4. The number of carbonyl (C=O) groups excluding carboxylic acids is 1. The Hall–Kier alpha value is -3.98. The second kappa shape index (κ2) is 13.7. The van der Waals surface area contributed by atoms with Crippen LogP contribution in [0.25, 0.3) is 5.69 Å². The molecule has 9 heteroatoms. The number of thioether (sulfide) groups is 1. The summed E-state index contributed by atoms with van der Waals surface area (Å²) in [5.74, 6) is 1.02. The van der Waals surface area contributed by atoms with E-state index in [4.69, 9.17) is 0 Å². The van der Waals surface area contributed by atoms with Crippen LogP contribution in [0.15, 0.2) is 84.0 Å². The van der Waals surface area contributed by atoms with Gasteiger partial charge < -0.3 is 5.32 Å². The van der Waals surface area contributed by atoms with Crippen molar-refractivity contribution in [2.45, 2.75) is 62.9 Å². The normalized spacial score (nSPS) is 11.7. The van der Waals surface area contributed by atoms with Crippen molar-refractivity contribution in [1.82, 2.24) is 20.1 Å². The lowest BCUT2D eigenvalue weighted by molar-refractivity contribution is -0.384. The molecule has 0 aliphatic carbocycles. The molecule has 3 aromatic carbocycles. The molecule has 39 heavy (non-hydrogen) atoms. The predicted molar refractivity (Wildman–Crippen MR) is 154 cm³/mol. The third-order valence-electron chi connectivity index (χ3n) is 6.46. The molecular weight excluding hydrogens is 510 g/mol. The fourth-order valence-corrected chi connectivity index (χ4v) is 5.18. The number of aryl methyl sites for hydroxylation is 1. The molecule has 0 aliphatic rings. The molecule has 4 aromatic rings. The molecule has 0 radical (unpaired) electrons. The van der Waals surface area contributed by atoms with Crippen molar-refractivity contribution in [3.63, 3.8) is 0 Å². The van der Waals surface area contributed by atoms with E-state index >= 15 is 0 Å². The van der Waals surface area contributed by atoms with E-state index < -0.39 is 11.0 Å². The summed E-state index contributed by atoms with van der Waals surface area (Å²) in [5, 5.41) is 23.7. The zero-order chi connectivity index (χ0) is 27.6. The van der Waals surface area contributed by atoms with Gasteiger partial charge in [-0.25, -0.2) is 0 Å². The number of rotatable bonds is 13. The first-order valence-electron chi connectivity index (χ1n) is 13.2. The highest BCUT2D eigenvalue weighted by Gasteiger charge is 2.22. The Bertz CT molecular complexity index is 1370. The zero-order valence-electron chi connectivity index (χ0n) is 22.2. The van der Waals surface area contributed by atoms with E-state index in [9.17, 15) is 14.9 Å². The zero-order valence-corrected chi connectivity index (χ0v) is 23.1. The van der Waals surface area contributed by atoms with Crippen molar-refractivity contribution in [3.05, 3.63) is 111 Å². The summed E-state index contributed by atoms with van der Waals surface area (Å²) in [4.78, 5) is 23.8. The Balaban J connectivity index is 1.52. The Morgan fingerprint density at radius 3 is 2.33 bits per heavy atom. The van der Waals surface area contributed by atoms with Gasteiger partial charge in [-0.15, -0.1) is 10.2 Å². The number of non-ortho nitro benzene ring substituents is 1. The van der Waals surface area contributed by atoms with Crippen LogP contribution >= 0.6 is 11.8 Å². The number of hydrogen-bond donors (Lipinski definition) is 1. The second-order valence-electron chi connectivity index (χ2n) is 9.43. The van der Waals surface area contributed by atoms with Crippen LogP contribution in [0.4, 0.5) is 5.69 Å². The third kappa shape index (κ3) is 7.54. The second-order valence-corrected chi connectivity index (χ2v) is 10.4. The molecular formula is C30H33N5O3S. The van der Waals surface area contributed by atoms with Gasteiger partial charge in [-0.3, -0.25) is 19.5 Å². The van der Waals surface area contributed by atoms with Gasteiger partial charge in [-0.2, -0.15) is 0 Å². The SMILES string of the molecule is CCCCCCc1ccc(C(=O)NC(C)c2nnc(SCc3ccccc3)n2-c2ccc([N+](=O)[O-])cc2)cc1. The smallest absolute Gasteiger partial charge is 0.269 e. The monoisotopic (exact) mass is 543 g/mol. The number of nitro groups is 1. The molecule has 1 unspecified atom stereocenters. The third-order valence-corrected chi connectivity index (χ3v) is 7.46. The largest absolute Gasteiger partial charge is 0.342 e. The Kier molecular flexibility index (Phi) is 9.85. The van der Waals surface area contributed by atoms with Crippen molar-refractivity contribution >= 4 is 23.4 Å². The first-order valence-corrected chi connectivity index (χ1v) is 14.2. The highest BCUT2D eigenvalue weighted by molar-refractivity contribution is 7.98. The lowest BCUT2D eigenvalue weighted by Gasteiger charge is -2.16. The summed E-state index contributed by atoms with van der Waals surface area (Å²) < 4.78 is 1.85. The molecule has 1 atom stereocenters. The minimum absolute atomic E-state index is 0.00187. The van der Waals surface area contributed by atoms with Gasteiger partial charge >= 0.3 is 0 Å². The van der Waals surface area contributed by atoms with Crippen molar-refractivity contribution in [2.24, 2.45) is 0 Å². The summed E-state index contributed by atoms with van der Waals surface area (Å²) in [6, 6.07) is 23.6. The fraction of sp³-hybridized carbons (Fsp3) is 0.300. The Labute approximate surface area is 233 Å². The first-order chi connectivity index (χ1) is 19.0. The van der Waals surface area contributed by atoms with Crippen molar-refractivity contribution < 1.29 is 9.72 Å². The average Bonchev–Trinajstić information content (AvgIpc) is 3.39. The van der Waals surface area contributed by atoms with Gasteiger partial charge in [0, 0.05) is 29.1 Å². The Morgan fingerprint density at radius 2 is 1.67 bits per heavy atom. The van der Waals surface area contributed by atoms with Crippen LogP contribution in [0.5, 0.6) is 0 Å². The quantitative estimate of drug-likeness (QED) is 0.0836. The summed E-state index contributed by atoms with van der Waals surface area (Å²) in [7, 11) is 0. The van der Waals surface area contributed by atoms with Gasteiger partial charge in [0.15, 0.2) is 11.0 Å².